The van der Waals surface area contributed by atoms with E-state index in [1.165, 1.54) is 0 Å². The molecule has 0 bridgehead atoms. The van der Waals surface area contributed by atoms with E-state index < -0.39 is 0 Å². The lowest BCUT2D eigenvalue weighted by molar-refractivity contribution is -0.141. The Morgan fingerprint density at radius 1 is 1.12 bits per heavy atom. The van der Waals surface area contributed by atoms with Gasteiger partial charge in [0.05, 0.1) is 25.5 Å². The van der Waals surface area contributed by atoms with Crippen molar-refractivity contribution in [3.05, 3.63) is 60.1 Å². The molecule has 0 radical (unpaired) electrons. The zero-order valence-corrected chi connectivity index (χ0v) is 13.4. The fourth-order valence-electron chi connectivity index (χ4n) is 3.33. The first-order valence-electron chi connectivity index (χ1n) is 8.31. The standard InChI is InChI=1S/C18H21N3O3/c22-18(15-11-14(19-20-15)16-7-4-9-23-16)21-8-10-24-17(12-21)13-5-2-1-3-6-13/h1-7,9,14-15,17,19-20H,8,10-12H2. The third-order valence-corrected chi connectivity index (χ3v) is 4.64. The molecule has 1 amide bonds. The van der Waals surface area contributed by atoms with Crippen LogP contribution in [0.2, 0.25) is 0 Å². The number of ether oxygens (including phenoxy) is 1. The van der Waals surface area contributed by atoms with E-state index in [4.69, 9.17) is 9.15 Å². The summed E-state index contributed by atoms with van der Waals surface area (Å²) in [5.74, 6) is 0.961. The minimum atomic E-state index is -0.241. The Morgan fingerprint density at radius 2 is 2.00 bits per heavy atom. The largest absolute Gasteiger partial charge is 0.468 e. The summed E-state index contributed by atoms with van der Waals surface area (Å²) >= 11 is 0. The number of amides is 1. The Morgan fingerprint density at radius 3 is 2.79 bits per heavy atom. The van der Waals surface area contributed by atoms with E-state index >= 15 is 0 Å². The number of morpholine rings is 1. The SMILES string of the molecule is O=C(C1CC(c2ccco2)NN1)N1CCOC(c2ccccc2)C1. The van der Waals surface area contributed by atoms with Crippen molar-refractivity contribution in [2.75, 3.05) is 19.7 Å². The molecule has 1 aromatic heterocycles. The van der Waals surface area contributed by atoms with E-state index in [0.29, 0.717) is 26.1 Å². The smallest absolute Gasteiger partial charge is 0.241 e. The van der Waals surface area contributed by atoms with Gasteiger partial charge in [0.2, 0.25) is 5.91 Å². The molecule has 4 rings (SSSR count). The van der Waals surface area contributed by atoms with Gasteiger partial charge in [-0.25, -0.2) is 10.9 Å². The highest BCUT2D eigenvalue weighted by Crippen LogP contribution is 2.26. The minimum absolute atomic E-state index is 0.0277. The molecule has 126 valence electrons. The van der Waals surface area contributed by atoms with Crippen LogP contribution in [0.5, 0.6) is 0 Å². The van der Waals surface area contributed by atoms with Gasteiger partial charge in [-0.05, 0) is 24.1 Å². The predicted octanol–water partition coefficient (Wildman–Crippen LogP) is 1.79. The molecule has 2 fully saturated rings. The van der Waals surface area contributed by atoms with E-state index in [-0.39, 0.29) is 24.1 Å². The molecule has 2 aliphatic heterocycles. The monoisotopic (exact) mass is 327 g/mol. The van der Waals surface area contributed by atoms with Gasteiger partial charge in [0.1, 0.15) is 17.9 Å². The average Bonchev–Trinajstić information content (AvgIpc) is 3.33. The Labute approximate surface area is 140 Å². The summed E-state index contributed by atoms with van der Waals surface area (Å²) < 4.78 is 11.3. The van der Waals surface area contributed by atoms with Crippen LogP contribution < -0.4 is 10.9 Å². The maximum Gasteiger partial charge on any atom is 0.241 e. The van der Waals surface area contributed by atoms with Crippen LogP contribution in [0.3, 0.4) is 0 Å². The van der Waals surface area contributed by atoms with Gasteiger partial charge in [-0.2, -0.15) is 0 Å². The lowest BCUT2D eigenvalue weighted by Gasteiger charge is -2.34. The zero-order valence-electron chi connectivity index (χ0n) is 13.4. The van der Waals surface area contributed by atoms with Crippen molar-refractivity contribution in [3.63, 3.8) is 0 Å². The van der Waals surface area contributed by atoms with Crippen LogP contribution in [0, 0.1) is 0 Å². The van der Waals surface area contributed by atoms with Crippen molar-refractivity contribution in [1.82, 2.24) is 15.8 Å². The summed E-state index contributed by atoms with van der Waals surface area (Å²) in [4.78, 5) is 14.7. The number of nitrogens with one attached hydrogen (secondary N) is 2. The number of furan rings is 1. The summed E-state index contributed by atoms with van der Waals surface area (Å²) in [6, 6.07) is 13.6. The highest BCUT2D eigenvalue weighted by atomic mass is 16.5. The number of nitrogens with zero attached hydrogens (tertiary/aromatic N) is 1. The second-order valence-electron chi connectivity index (χ2n) is 6.20. The van der Waals surface area contributed by atoms with Gasteiger partial charge in [0.15, 0.2) is 0 Å². The molecule has 0 saturated carbocycles. The number of hydrogen-bond acceptors (Lipinski definition) is 5. The quantitative estimate of drug-likeness (QED) is 0.900. The molecule has 2 saturated heterocycles. The maximum atomic E-state index is 12.8. The van der Waals surface area contributed by atoms with E-state index in [9.17, 15) is 4.79 Å². The van der Waals surface area contributed by atoms with E-state index in [2.05, 4.69) is 10.9 Å². The van der Waals surface area contributed by atoms with Crippen molar-refractivity contribution in [2.24, 2.45) is 0 Å². The first kappa shape index (κ1) is 15.4. The number of carbonyl (C=O) groups is 1. The van der Waals surface area contributed by atoms with Gasteiger partial charge >= 0.3 is 0 Å². The number of hydrogen-bond donors (Lipinski definition) is 2. The number of rotatable bonds is 3. The summed E-state index contributed by atoms with van der Waals surface area (Å²) in [5, 5.41) is 0. The Hall–Kier alpha value is -2.15. The predicted molar refractivity (Wildman–Crippen MR) is 87.8 cm³/mol. The molecule has 2 N–H and O–H groups in total. The first-order valence-corrected chi connectivity index (χ1v) is 8.31. The molecule has 2 aromatic rings. The zero-order chi connectivity index (χ0) is 16.4. The Balaban J connectivity index is 1.39. The third-order valence-electron chi connectivity index (χ3n) is 4.64. The van der Waals surface area contributed by atoms with Gasteiger partial charge < -0.3 is 14.1 Å². The highest BCUT2D eigenvalue weighted by Gasteiger charge is 2.36. The molecule has 6 nitrogen and oxygen atoms in total. The van der Waals surface area contributed by atoms with Gasteiger partial charge in [-0.15, -0.1) is 0 Å². The van der Waals surface area contributed by atoms with Gasteiger partial charge in [0.25, 0.3) is 0 Å². The van der Waals surface area contributed by atoms with Crippen molar-refractivity contribution >= 4 is 5.91 Å². The minimum Gasteiger partial charge on any atom is -0.468 e. The fraction of sp³-hybridized carbons (Fsp3) is 0.389. The maximum absolute atomic E-state index is 12.8. The molecule has 0 aliphatic carbocycles. The van der Waals surface area contributed by atoms with E-state index in [1.807, 2.05) is 47.4 Å². The molecular formula is C18H21N3O3. The molecule has 1 aromatic carbocycles. The molecule has 3 heterocycles. The lowest BCUT2D eigenvalue weighted by atomic mass is 10.0. The molecule has 3 atom stereocenters. The van der Waals surface area contributed by atoms with Crippen LogP contribution in [0.1, 0.15) is 29.9 Å². The Bertz CT molecular complexity index is 674. The summed E-state index contributed by atoms with van der Waals surface area (Å²) in [7, 11) is 0. The second-order valence-corrected chi connectivity index (χ2v) is 6.20. The van der Waals surface area contributed by atoms with Crippen molar-refractivity contribution in [1.29, 1.82) is 0 Å². The molecular weight excluding hydrogens is 306 g/mol. The lowest BCUT2D eigenvalue weighted by Crippen LogP contribution is -2.50. The third kappa shape index (κ3) is 3.08. The normalized spacial score (nSPS) is 27.3. The van der Waals surface area contributed by atoms with Crippen LogP contribution >= 0.6 is 0 Å². The Kier molecular flexibility index (Phi) is 4.34. The number of carbonyl (C=O) groups excluding carboxylic acids is 1. The van der Waals surface area contributed by atoms with Crippen molar-refractivity contribution < 1.29 is 13.9 Å². The van der Waals surface area contributed by atoms with Crippen molar-refractivity contribution in [2.45, 2.75) is 24.6 Å². The van der Waals surface area contributed by atoms with E-state index in [1.54, 1.807) is 6.26 Å². The molecule has 2 aliphatic rings. The average molecular weight is 327 g/mol. The van der Waals surface area contributed by atoms with Gasteiger partial charge in [-0.1, -0.05) is 30.3 Å². The molecule has 24 heavy (non-hydrogen) atoms. The second kappa shape index (κ2) is 6.76. The van der Waals surface area contributed by atoms with Gasteiger partial charge in [-0.3, -0.25) is 4.79 Å². The van der Waals surface area contributed by atoms with Crippen LogP contribution in [-0.2, 0) is 9.53 Å². The topological polar surface area (TPSA) is 66.7 Å². The molecule has 6 heteroatoms. The van der Waals surface area contributed by atoms with Gasteiger partial charge in [0, 0.05) is 6.54 Å². The van der Waals surface area contributed by atoms with E-state index in [0.717, 1.165) is 11.3 Å². The summed E-state index contributed by atoms with van der Waals surface area (Å²) in [6.07, 6.45) is 2.28. The molecule has 3 unspecified atom stereocenters. The van der Waals surface area contributed by atoms with Crippen molar-refractivity contribution in [3.8, 4) is 0 Å². The number of benzene rings is 1. The summed E-state index contributed by atoms with van der Waals surface area (Å²) in [6.45, 7) is 1.78. The highest BCUT2D eigenvalue weighted by molar-refractivity contribution is 5.82. The molecule has 0 spiro atoms. The van der Waals surface area contributed by atoms with Crippen LogP contribution in [0.25, 0.3) is 0 Å². The van der Waals surface area contributed by atoms with Crippen LogP contribution in [0.4, 0.5) is 0 Å². The summed E-state index contributed by atoms with van der Waals surface area (Å²) in [5.41, 5.74) is 7.37. The van der Waals surface area contributed by atoms with Crippen LogP contribution in [0.15, 0.2) is 53.1 Å². The number of hydrazine groups is 1. The first-order chi connectivity index (χ1) is 11.8. The van der Waals surface area contributed by atoms with Crippen LogP contribution in [-0.4, -0.2) is 36.5 Å². The fourth-order valence-corrected chi connectivity index (χ4v) is 3.33.